The van der Waals surface area contributed by atoms with Crippen LogP contribution in [0.3, 0.4) is 0 Å². The quantitative estimate of drug-likeness (QED) is 0.882. The smallest absolute Gasteiger partial charge is 0.311 e. The lowest BCUT2D eigenvalue weighted by Crippen LogP contribution is -2.17. The number of carbonyl (C=O) groups is 1. The molecule has 0 bridgehead atoms. The first-order valence-corrected chi connectivity index (χ1v) is 5.41. The molecule has 0 saturated carbocycles. The van der Waals surface area contributed by atoms with Gasteiger partial charge in [0.1, 0.15) is 5.75 Å². The Morgan fingerprint density at radius 3 is 2.44 bits per heavy atom. The number of hydrogen-bond donors (Lipinski definition) is 1. The van der Waals surface area contributed by atoms with Gasteiger partial charge in [0.25, 0.3) is 0 Å². The second-order valence-corrected chi connectivity index (χ2v) is 4.35. The number of rotatable bonds is 4. The van der Waals surface area contributed by atoms with Crippen molar-refractivity contribution in [1.29, 1.82) is 0 Å². The Morgan fingerprint density at radius 1 is 1.44 bits per heavy atom. The second kappa shape index (κ2) is 5.21. The lowest BCUT2D eigenvalue weighted by molar-refractivity contribution is -0.139. The number of methoxy groups -OCH3 is 1. The summed E-state index contributed by atoms with van der Waals surface area (Å²) in [6, 6.07) is 5.06. The maximum absolute atomic E-state index is 11.2. The fourth-order valence-electron chi connectivity index (χ4n) is 1.66. The van der Waals surface area contributed by atoms with Crippen molar-refractivity contribution in [3.63, 3.8) is 0 Å². The summed E-state index contributed by atoms with van der Waals surface area (Å²) in [5.41, 5.74) is 0.630. The highest BCUT2D eigenvalue weighted by Crippen LogP contribution is 2.32. The van der Waals surface area contributed by atoms with E-state index in [9.17, 15) is 4.79 Å². The zero-order chi connectivity index (χ0) is 12.3. The minimum atomic E-state index is -0.859. The summed E-state index contributed by atoms with van der Waals surface area (Å²) in [6.07, 6.45) is 0. The van der Waals surface area contributed by atoms with E-state index in [0.29, 0.717) is 16.3 Å². The summed E-state index contributed by atoms with van der Waals surface area (Å²) < 4.78 is 5.02. The Bertz CT molecular complexity index is 388. The molecule has 4 heteroatoms. The molecule has 0 spiro atoms. The van der Waals surface area contributed by atoms with Crippen molar-refractivity contribution in [2.75, 3.05) is 7.11 Å². The molecule has 1 rings (SSSR count). The first-order valence-electron chi connectivity index (χ1n) is 5.03. The van der Waals surface area contributed by atoms with E-state index in [1.165, 1.54) is 0 Å². The monoisotopic (exact) mass is 242 g/mol. The van der Waals surface area contributed by atoms with Gasteiger partial charge in [0, 0.05) is 5.02 Å². The predicted molar refractivity (Wildman–Crippen MR) is 63.2 cm³/mol. The molecule has 0 aromatic heterocycles. The fraction of sp³-hybridized carbons (Fsp3) is 0.417. The molecule has 0 heterocycles. The van der Waals surface area contributed by atoms with Crippen molar-refractivity contribution < 1.29 is 14.6 Å². The zero-order valence-corrected chi connectivity index (χ0v) is 10.3. The van der Waals surface area contributed by atoms with Gasteiger partial charge in [-0.05, 0) is 23.6 Å². The number of carboxylic acid groups (broad SMARTS) is 1. The van der Waals surface area contributed by atoms with Crippen LogP contribution in [0.1, 0.15) is 25.3 Å². The van der Waals surface area contributed by atoms with E-state index in [-0.39, 0.29) is 5.92 Å². The molecule has 1 aromatic carbocycles. The molecular formula is C12H15ClO3. The molecule has 88 valence electrons. The van der Waals surface area contributed by atoms with Crippen LogP contribution in [0.2, 0.25) is 5.02 Å². The Kier molecular flexibility index (Phi) is 4.19. The normalized spacial score (nSPS) is 12.6. The third-order valence-corrected chi connectivity index (χ3v) is 2.80. The molecule has 0 aliphatic carbocycles. The molecule has 1 unspecified atom stereocenters. The first kappa shape index (κ1) is 12.8. The van der Waals surface area contributed by atoms with Crippen LogP contribution in [0.4, 0.5) is 0 Å². The van der Waals surface area contributed by atoms with E-state index in [1.807, 2.05) is 13.8 Å². The Morgan fingerprint density at radius 2 is 2.06 bits per heavy atom. The fourth-order valence-corrected chi connectivity index (χ4v) is 1.95. The van der Waals surface area contributed by atoms with Gasteiger partial charge in [0.15, 0.2) is 0 Å². The van der Waals surface area contributed by atoms with E-state index in [4.69, 9.17) is 21.4 Å². The van der Waals surface area contributed by atoms with E-state index >= 15 is 0 Å². The number of halogens is 1. The van der Waals surface area contributed by atoms with E-state index in [0.717, 1.165) is 0 Å². The average Bonchev–Trinajstić information content (AvgIpc) is 2.19. The molecule has 3 nitrogen and oxygen atoms in total. The van der Waals surface area contributed by atoms with Crippen molar-refractivity contribution in [3.05, 3.63) is 28.8 Å². The lowest BCUT2D eigenvalue weighted by Gasteiger charge is -2.18. The second-order valence-electron chi connectivity index (χ2n) is 3.95. The molecule has 0 aliphatic heterocycles. The summed E-state index contributed by atoms with van der Waals surface area (Å²) in [7, 11) is 1.54. The SMILES string of the molecule is COc1ccc(C(C(=O)O)C(C)C)c(Cl)c1. The van der Waals surface area contributed by atoms with Crippen LogP contribution in [0, 0.1) is 5.92 Å². The van der Waals surface area contributed by atoms with Crippen molar-refractivity contribution in [1.82, 2.24) is 0 Å². The lowest BCUT2D eigenvalue weighted by atomic mass is 9.88. The maximum atomic E-state index is 11.2. The minimum Gasteiger partial charge on any atom is -0.497 e. The van der Waals surface area contributed by atoms with Crippen LogP contribution in [0.25, 0.3) is 0 Å². The van der Waals surface area contributed by atoms with Crippen LogP contribution in [0.15, 0.2) is 18.2 Å². The van der Waals surface area contributed by atoms with Crippen LogP contribution in [-0.2, 0) is 4.79 Å². The molecule has 0 saturated heterocycles. The highest BCUT2D eigenvalue weighted by molar-refractivity contribution is 6.31. The molecule has 0 radical (unpaired) electrons. The van der Waals surface area contributed by atoms with Gasteiger partial charge in [-0.3, -0.25) is 4.79 Å². The van der Waals surface area contributed by atoms with Gasteiger partial charge >= 0.3 is 5.97 Å². The molecular weight excluding hydrogens is 228 g/mol. The van der Waals surface area contributed by atoms with Gasteiger partial charge < -0.3 is 9.84 Å². The minimum absolute atomic E-state index is 0.0107. The van der Waals surface area contributed by atoms with Crippen molar-refractivity contribution in [3.8, 4) is 5.75 Å². The third-order valence-electron chi connectivity index (χ3n) is 2.48. The van der Waals surface area contributed by atoms with E-state index in [1.54, 1.807) is 25.3 Å². The zero-order valence-electron chi connectivity index (χ0n) is 9.53. The molecule has 1 atom stereocenters. The summed E-state index contributed by atoms with van der Waals surface area (Å²) in [5, 5.41) is 9.59. The molecule has 0 amide bonds. The number of hydrogen-bond acceptors (Lipinski definition) is 2. The van der Waals surface area contributed by atoms with E-state index < -0.39 is 11.9 Å². The predicted octanol–water partition coefficient (Wildman–Crippen LogP) is 3.17. The highest BCUT2D eigenvalue weighted by Gasteiger charge is 2.25. The maximum Gasteiger partial charge on any atom is 0.311 e. The van der Waals surface area contributed by atoms with Gasteiger partial charge in [0.2, 0.25) is 0 Å². The first-order chi connectivity index (χ1) is 7.47. The summed E-state index contributed by atoms with van der Waals surface area (Å²) in [6.45, 7) is 3.72. The summed E-state index contributed by atoms with van der Waals surface area (Å²) in [4.78, 5) is 11.2. The van der Waals surface area contributed by atoms with Crippen LogP contribution in [0.5, 0.6) is 5.75 Å². The Labute approximate surface area is 100.0 Å². The van der Waals surface area contributed by atoms with Gasteiger partial charge in [0.05, 0.1) is 13.0 Å². The van der Waals surface area contributed by atoms with Crippen LogP contribution < -0.4 is 4.74 Å². The van der Waals surface area contributed by atoms with Crippen molar-refractivity contribution in [2.45, 2.75) is 19.8 Å². The van der Waals surface area contributed by atoms with E-state index in [2.05, 4.69) is 0 Å². The number of benzene rings is 1. The molecule has 0 aliphatic rings. The number of carboxylic acids is 1. The van der Waals surface area contributed by atoms with Gasteiger partial charge in [-0.15, -0.1) is 0 Å². The number of ether oxygens (including phenoxy) is 1. The van der Waals surface area contributed by atoms with Crippen LogP contribution in [-0.4, -0.2) is 18.2 Å². The average molecular weight is 243 g/mol. The summed E-state index contributed by atoms with van der Waals surface area (Å²) >= 11 is 6.05. The Balaban J connectivity index is 3.15. The van der Waals surface area contributed by atoms with Gasteiger partial charge in [-0.1, -0.05) is 31.5 Å². The molecule has 0 fully saturated rings. The van der Waals surface area contributed by atoms with Crippen molar-refractivity contribution in [2.24, 2.45) is 5.92 Å². The number of aliphatic carboxylic acids is 1. The standard InChI is InChI=1S/C12H15ClO3/c1-7(2)11(12(14)15)9-5-4-8(16-3)6-10(9)13/h4-7,11H,1-3H3,(H,14,15). The highest BCUT2D eigenvalue weighted by atomic mass is 35.5. The van der Waals surface area contributed by atoms with Crippen LogP contribution >= 0.6 is 11.6 Å². The van der Waals surface area contributed by atoms with Gasteiger partial charge in [-0.25, -0.2) is 0 Å². The topological polar surface area (TPSA) is 46.5 Å². The molecule has 1 aromatic rings. The van der Waals surface area contributed by atoms with Crippen molar-refractivity contribution >= 4 is 17.6 Å². The third kappa shape index (κ3) is 2.67. The molecule has 1 N–H and O–H groups in total. The largest absolute Gasteiger partial charge is 0.497 e. The molecule has 16 heavy (non-hydrogen) atoms. The Hall–Kier alpha value is -1.22. The van der Waals surface area contributed by atoms with Gasteiger partial charge in [-0.2, -0.15) is 0 Å². The summed E-state index contributed by atoms with van der Waals surface area (Å²) in [5.74, 6) is -0.828.